The van der Waals surface area contributed by atoms with Crippen LogP contribution in [0.3, 0.4) is 0 Å². The fourth-order valence-corrected chi connectivity index (χ4v) is 2.54. The van der Waals surface area contributed by atoms with Gasteiger partial charge in [0.25, 0.3) is 0 Å². The minimum Gasteiger partial charge on any atom is -0.497 e. The second-order valence-corrected chi connectivity index (χ2v) is 5.53. The van der Waals surface area contributed by atoms with Gasteiger partial charge in [0.05, 0.1) is 37.9 Å². The maximum absolute atomic E-state index is 5.17. The van der Waals surface area contributed by atoms with Crippen LogP contribution in [0, 0.1) is 0 Å². The Morgan fingerprint density at radius 3 is 2.71 bits per heavy atom. The molecule has 4 rings (SSSR count). The quantitative estimate of drug-likeness (QED) is 0.577. The minimum atomic E-state index is 0.645. The summed E-state index contributed by atoms with van der Waals surface area (Å²) in [6.45, 7) is 0.679. The lowest BCUT2D eigenvalue weighted by Crippen LogP contribution is -1.99. The van der Waals surface area contributed by atoms with Gasteiger partial charge in [-0.3, -0.25) is 4.68 Å². The summed E-state index contributed by atoms with van der Waals surface area (Å²) in [5.41, 5.74) is 3.62. The number of hydrogen-bond donors (Lipinski definition) is 0. The number of nitrogens with zero attached hydrogens (tertiary/aromatic N) is 6. The molecule has 0 saturated carbocycles. The second-order valence-electron chi connectivity index (χ2n) is 5.53. The lowest BCUT2D eigenvalue weighted by Gasteiger charge is -2.03. The Bertz CT molecular complexity index is 986. The van der Waals surface area contributed by atoms with Crippen molar-refractivity contribution in [2.75, 3.05) is 7.11 Å². The first kappa shape index (κ1) is 14.4. The van der Waals surface area contributed by atoms with Crippen LogP contribution in [0.1, 0.15) is 5.56 Å². The van der Waals surface area contributed by atoms with Gasteiger partial charge in [-0.1, -0.05) is 12.1 Å². The highest BCUT2D eigenvalue weighted by atomic mass is 16.5. The summed E-state index contributed by atoms with van der Waals surface area (Å²) < 4.78 is 8.92. The maximum Gasteiger partial charge on any atom is 0.164 e. The third-order valence-corrected chi connectivity index (χ3v) is 3.85. The number of fused-ring (bicyclic) bond motifs is 1. The highest BCUT2D eigenvalue weighted by Gasteiger charge is 2.09. The number of methoxy groups -OCH3 is 1. The molecule has 0 saturated heterocycles. The van der Waals surface area contributed by atoms with Crippen LogP contribution >= 0.6 is 0 Å². The van der Waals surface area contributed by atoms with Gasteiger partial charge >= 0.3 is 0 Å². The molecule has 0 aliphatic carbocycles. The fourth-order valence-electron chi connectivity index (χ4n) is 2.54. The van der Waals surface area contributed by atoms with E-state index in [1.165, 1.54) is 0 Å². The van der Waals surface area contributed by atoms with E-state index in [9.17, 15) is 0 Å². The number of aromatic nitrogens is 6. The molecule has 3 heterocycles. The van der Waals surface area contributed by atoms with E-state index in [1.807, 2.05) is 46.8 Å². The van der Waals surface area contributed by atoms with Gasteiger partial charge in [-0.15, -0.1) is 0 Å². The van der Waals surface area contributed by atoms with Crippen LogP contribution in [0.5, 0.6) is 5.75 Å². The first-order valence-corrected chi connectivity index (χ1v) is 7.53. The molecular formula is C17H16N6O. The lowest BCUT2D eigenvalue weighted by atomic mass is 10.2. The average molecular weight is 320 g/mol. The fraction of sp³-hybridized carbons (Fsp3) is 0.176. The van der Waals surface area contributed by atoms with Gasteiger partial charge in [0.1, 0.15) is 11.3 Å². The minimum absolute atomic E-state index is 0.645. The summed E-state index contributed by atoms with van der Waals surface area (Å²) in [6, 6.07) is 7.94. The zero-order chi connectivity index (χ0) is 16.5. The molecule has 3 aromatic heterocycles. The monoisotopic (exact) mass is 320 g/mol. The Morgan fingerprint density at radius 1 is 1.08 bits per heavy atom. The van der Waals surface area contributed by atoms with Crippen molar-refractivity contribution < 1.29 is 4.74 Å². The zero-order valence-electron chi connectivity index (χ0n) is 13.4. The molecule has 4 aromatic rings. The Labute approximate surface area is 138 Å². The van der Waals surface area contributed by atoms with Crippen molar-refractivity contribution in [3.63, 3.8) is 0 Å². The number of ether oxygens (including phenoxy) is 1. The molecule has 0 bridgehead atoms. The van der Waals surface area contributed by atoms with Gasteiger partial charge in [0.15, 0.2) is 11.5 Å². The molecule has 7 nitrogen and oxygen atoms in total. The SMILES string of the molecule is COc1ccc(Cn2cc(-c3ncc4ncn(C)c4n3)cn2)cc1. The van der Waals surface area contributed by atoms with E-state index >= 15 is 0 Å². The molecule has 0 amide bonds. The first-order chi connectivity index (χ1) is 11.7. The summed E-state index contributed by atoms with van der Waals surface area (Å²) >= 11 is 0. The van der Waals surface area contributed by atoms with E-state index in [0.717, 1.165) is 28.0 Å². The van der Waals surface area contributed by atoms with Crippen LogP contribution in [0.4, 0.5) is 0 Å². The summed E-state index contributed by atoms with van der Waals surface area (Å²) in [5.74, 6) is 1.49. The first-order valence-electron chi connectivity index (χ1n) is 7.53. The Hall–Kier alpha value is -3.22. The van der Waals surface area contributed by atoms with E-state index < -0.39 is 0 Å². The third-order valence-electron chi connectivity index (χ3n) is 3.85. The normalized spacial score (nSPS) is 11.1. The van der Waals surface area contributed by atoms with Crippen LogP contribution in [0.15, 0.2) is 49.2 Å². The summed E-state index contributed by atoms with van der Waals surface area (Å²) in [6.07, 6.45) is 7.19. The van der Waals surface area contributed by atoms with Crippen LogP contribution in [0.2, 0.25) is 0 Å². The summed E-state index contributed by atoms with van der Waals surface area (Å²) in [7, 11) is 3.58. The number of imidazole rings is 1. The predicted octanol–water partition coefficient (Wildman–Crippen LogP) is 2.28. The topological polar surface area (TPSA) is 70.7 Å². The second kappa shape index (κ2) is 5.77. The van der Waals surface area contributed by atoms with Crippen molar-refractivity contribution in [1.29, 1.82) is 0 Å². The molecule has 0 fully saturated rings. The molecule has 0 N–H and O–H groups in total. The Kier molecular flexibility index (Phi) is 3.45. The molecule has 0 spiro atoms. The molecule has 0 aliphatic rings. The predicted molar refractivity (Wildman–Crippen MR) is 89.6 cm³/mol. The third kappa shape index (κ3) is 2.60. The Balaban J connectivity index is 1.59. The molecule has 0 radical (unpaired) electrons. The van der Waals surface area contributed by atoms with Crippen LogP contribution in [-0.2, 0) is 13.6 Å². The van der Waals surface area contributed by atoms with Crippen molar-refractivity contribution in [2.24, 2.45) is 7.05 Å². The lowest BCUT2D eigenvalue weighted by molar-refractivity contribution is 0.414. The number of hydrogen-bond acceptors (Lipinski definition) is 5. The van der Waals surface area contributed by atoms with Gasteiger partial charge in [0.2, 0.25) is 0 Å². The summed E-state index contributed by atoms with van der Waals surface area (Å²) in [5, 5.41) is 4.40. The Morgan fingerprint density at radius 2 is 1.92 bits per heavy atom. The van der Waals surface area contributed by atoms with Gasteiger partial charge in [-0.2, -0.15) is 5.10 Å². The van der Waals surface area contributed by atoms with E-state index in [2.05, 4.69) is 20.1 Å². The maximum atomic E-state index is 5.17. The molecular weight excluding hydrogens is 304 g/mol. The van der Waals surface area contributed by atoms with Gasteiger partial charge < -0.3 is 9.30 Å². The largest absolute Gasteiger partial charge is 0.497 e. The highest BCUT2D eigenvalue weighted by molar-refractivity contribution is 5.72. The van der Waals surface area contributed by atoms with E-state index in [4.69, 9.17) is 4.74 Å². The van der Waals surface area contributed by atoms with Crippen molar-refractivity contribution >= 4 is 11.2 Å². The molecule has 24 heavy (non-hydrogen) atoms. The van der Waals surface area contributed by atoms with Crippen molar-refractivity contribution in [3.05, 3.63) is 54.7 Å². The van der Waals surface area contributed by atoms with Crippen LogP contribution in [-0.4, -0.2) is 36.4 Å². The molecule has 120 valence electrons. The van der Waals surface area contributed by atoms with E-state index in [1.54, 1.807) is 25.8 Å². The molecule has 7 heteroatoms. The molecule has 1 aromatic carbocycles. The average Bonchev–Trinajstić information content (AvgIpc) is 3.23. The molecule has 0 unspecified atom stereocenters. The smallest absolute Gasteiger partial charge is 0.164 e. The number of aryl methyl sites for hydroxylation is 1. The number of rotatable bonds is 4. The van der Waals surface area contributed by atoms with Crippen LogP contribution in [0.25, 0.3) is 22.6 Å². The van der Waals surface area contributed by atoms with E-state index in [-0.39, 0.29) is 0 Å². The number of benzene rings is 1. The van der Waals surface area contributed by atoms with Gasteiger partial charge in [-0.25, -0.2) is 15.0 Å². The van der Waals surface area contributed by atoms with Crippen molar-refractivity contribution in [1.82, 2.24) is 29.3 Å². The standard InChI is InChI=1S/C17H16N6O/c1-22-11-19-15-8-18-16(21-17(15)22)13-7-20-23(10-13)9-12-3-5-14(24-2)6-4-12/h3-8,10-11H,9H2,1-2H3. The van der Waals surface area contributed by atoms with Crippen LogP contribution < -0.4 is 4.74 Å². The summed E-state index contributed by atoms with van der Waals surface area (Å²) in [4.78, 5) is 13.2. The highest BCUT2D eigenvalue weighted by Crippen LogP contribution is 2.18. The van der Waals surface area contributed by atoms with Gasteiger partial charge in [-0.05, 0) is 17.7 Å². The van der Waals surface area contributed by atoms with Crippen molar-refractivity contribution in [3.8, 4) is 17.1 Å². The van der Waals surface area contributed by atoms with E-state index in [0.29, 0.717) is 12.4 Å². The zero-order valence-corrected chi connectivity index (χ0v) is 13.4. The van der Waals surface area contributed by atoms with Gasteiger partial charge in [0, 0.05) is 13.2 Å². The molecule has 0 atom stereocenters. The molecule has 0 aliphatic heterocycles. The van der Waals surface area contributed by atoms with Crippen molar-refractivity contribution in [2.45, 2.75) is 6.54 Å².